The number of benzene rings is 2. The number of carboxylic acids is 1. The van der Waals surface area contributed by atoms with Gasteiger partial charge >= 0.3 is 5.97 Å². The second-order valence-corrected chi connectivity index (χ2v) is 6.07. The van der Waals surface area contributed by atoms with Crippen molar-refractivity contribution in [2.75, 3.05) is 0 Å². The predicted octanol–water partition coefficient (Wildman–Crippen LogP) is 4.05. The van der Waals surface area contributed by atoms with Crippen molar-refractivity contribution >= 4 is 5.97 Å². The Bertz CT molecular complexity index is 1010. The van der Waals surface area contributed by atoms with Crippen LogP contribution in [0.5, 0.6) is 11.5 Å². The van der Waals surface area contributed by atoms with E-state index in [1.807, 2.05) is 43.3 Å². The number of rotatable bonds is 7. The minimum absolute atomic E-state index is 0.150. The smallest absolute Gasteiger partial charge is 0.349 e. The zero-order valence-corrected chi connectivity index (χ0v) is 15.2. The average molecular weight is 374 g/mol. The van der Waals surface area contributed by atoms with E-state index in [9.17, 15) is 15.2 Å². The summed E-state index contributed by atoms with van der Waals surface area (Å²) in [6.45, 7) is 2.05. The van der Waals surface area contributed by atoms with E-state index in [2.05, 4.69) is 4.98 Å². The molecule has 6 heteroatoms. The quantitative estimate of drug-likeness (QED) is 0.671. The van der Waals surface area contributed by atoms with E-state index in [1.165, 1.54) is 6.07 Å². The average Bonchev–Trinajstić information content (AvgIpc) is 2.72. The summed E-state index contributed by atoms with van der Waals surface area (Å²) in [6.07, 6.45) is 0.436. The first-order valence-electron chi connectivity index (χ1n) is 8.60. The topological polar surface area (TPSA) is 92.4 Å². The number of hydrogen-bond donors (Lipinski definition) is 1. The molecule has 1 atom stereocenters. The molecular weight excluding hydrogens is 356 g/mol. The molecule has 0 aliphatic carbocycles. The number of ether oxygens (including phenoxy) is 2. The molecule has 3 rings (SSSR count). The molecule has 2 aromatic carbocycles. The zero-order valence-electron chi connectivity index (χ0n) is 15.2. The van der Waals surface area contributed by atoms with Crippen LogP contribution >= 0.6 is 0 Å². The Labute approximate surface area is 162 Å². The molecule has 0 aliphatic rings. The van der Waals surface area contributed by atoms with Gasteiger partial charge in [0.05, 0.1) is 11.3 Å². The maximum Gasteiger partial charge on any atom is 0.349 e. The van der Waals surface area contributed by atoms with Crippen LogP contribution in [0, 0.1) is 18.3 Å². The van der Waals surface area contributed by atoms with E-state index in [-0.39, 0.29) is 17.9 Å². The van der Waals surface area contributed by atoms with Crippen molar-refractivity contribution in [3.63, 3.8) is 0 Å². The Morgan fingerprint density at radius 3 is 2.64 bits per heavy atom. The van der Waals surface area contributed by atoms with Crippen molar-refractivity contribution in [1.29, 1.82) is 5.26 Å². The van der Waals surface area contributed by atoms with Crippen LogP contribution in [-0.4, -0.2) is 16.1 Å². The summed E-state index contributed by atoms with van der Waals surface area (Å²) in [4.78, 5) is 16.0. The summed E-state index contributed by atoms with van der Waals surface area (Å²) < 4.78 is 11.4. The summed E-state index contributed by atoms with van der Waals surface area (Å²) >= 11 is 0. The maximum absolute atomic E-state index is 11.8. The summed E-state index contributed by atoms with van der Waals surface area (Å²) in [5, 5.41) is 19.0. The van der Waals surface area contributed by atoms with Gasteiger partial charge in [-0.25, -0.2) is 4.79 Å². The van der Waals surface area contributed by atoms with Crippen LogP contribution in [0.3, 0.4) is 0 Å². The molecule has 28 heavy (non-hydrogen) atoms. The van der Waals surface area contributed by atoms with Gasteiger partial charge in [-0.05, 0) is 36.8 Å². The molecule has 6 nitrogen and oxygen atoms in total. The van der Waals surface area contributed by atoms with Crippen LogP contribution in [-0.2, 0) is 11.4 Å². The predicted molar refractivity (Wildman–Crippen MR) is 102 cm³/mol. The molecule has 0 spiro atoms. The van der Waals surface area contributed by atoms with E-state index in [4.69, 9.17) is 9.47 Å². The molecule has 0 saturated heterocycles. The van der Waals surface area contributed by atoms with Crippen molar-refractivity contribution in [3.8, 4) is 17.6 Å². The largest absolute Gasteiger partial charge is 0.487 e. The number of carbonyl (C=O) groups is 1. The molecule has 0 amide bonds. The van der Waals surface area contributed by atoms with Crippen molar-refractivity contribution in [3.05, 3.63) is 89.2 Å². The van der Waals surface area contributed by atoms with Gasteiger partial charge in [0.2, 0.25) is 6.10 Å². The number of hydrogen-bond acceptors (Lipinski definition) is 5. The first-order chi connectivity index (χ1) is 13.6. The van der Waals surface area contributed by atoms with Gasteiger partial charge in [0, 0.05) is 17.8 Å². The Hall–Kier alpha value is -3.85. The lowest BCUT2D eigenvalue weighted by molar-refractivity contribution is -0.145. The van der Waals surface area contributed by atoms with Gasteiger partial charge in [-0.15, -0.1) is 0 Å². The molecule has 0 fully saturated rings. The Morgan fingerprint density at radius 1 is 1.18 bits per heavy atom. The van der Waals surface area contributed by atoms with Crippen LogP contribution < -0.4 is 9.47 Å². The Kier molecular flexibility index (Phi) is 5.87. The van der Waals surface area contributed by atoms with Gasteiger partial charge in [-0.2, -0.15) is 5.26 Å². The summed E-state index contributed by atoms with van der Waals surface area (Å²) in [5.41, 5.74) is 2.29. The van der Waals surface area contributed by atoms with Crippen molar-refractivity contribution in [2.45, 2.75) is 19.6 Å². The maximum atomic E-state index is 11.8. The fourth-order valence-electron chi connectivity index (χ4n) is 2.68. The molecule has 0 radical (unpaired) electrons. The monoisotopic (exact) mass is 374 g/mol. The number of nitrogens with zero attached hydrogens (tertiary/aromatic N) is 2. The van der Waals surface area contributed by atoms with E-state index < -0.39 is 12.1 Å². The lowest BCUT2D eigenvalue weighted by atomic mass is 10.0. The standard InChI is InChI=1S/C22H18N2O4/c1-15-6-2-3-8-19(15)21(22(25)26)28-20-12-18(10-9-16(20)13-23)27-14-17-7-4-5-11-24-17/h2-12,21H,14H2,1H3,(H,25,26)/t21-/m0/s1. The molecule has 1 N–H and O–H groups in total. The molecule has 140 valence electrons. The van der Waals surface area contributed by atoms with Crippen molar-refractivity contribution in [2.24, 2.45) is 0 Å². The summed E-state index contributed by atoms with van der Waals surface area (Å²) in [5.74, 6) is -0.539. The number of carboxylic acid groups (broad SMARTS) is 1. The fraction of sp³-hybridized carbons (Fsp3) is 0.136. The minimum atomic E-state index is -1.24. The highest BCUT2D eigenvalue weighted by molar-refractivity contribution is 5.75. The van der Waals surface area contributed by atoms with Gasteiger partial charge in [0.25, 0.3) is 0 Å². The third kappa shape index (κ3) is 4.46. The second-order valence-electron chi connectivity index (χ2n) is 6.07. The van der Waals surface area contributed by atoms with Crippen LogP contribution in [0.4, 0.5) is 0 Å². The number of aromatic nitrogens is 1. The van der Waals surface area contributed by atoms with Crippen LogP contribution in [0.2, 0.25) is 0 Å². The first-order valence-corrected chi connectivity index (χ1v) is 8.60. The highest BCUT2D eigenvalue weighted by atomic mass is 16.5. The zero-order chi connectivity index (χ0) is 19.9. The third-order valence-electron chi connectivity index (χ3n) is 4.13. The van der Waals surface area contributed by atoms with Gasteiger partial charge in [0.15, 0.2) is 0 Å². The number of aryl methyl sites for hydroxylation is 1. The van der Waals surface area contributed by atoms with Crippen molar-refractivity contribution in [1.82, 2.24) is 4.98 Å². The van der Waals surface area contributed by atoms with Crippen LogP contribution in [0.25, 0.3) is 0 Å². The van der Waals surface area contributed by atoms with E-state index in [1.54, 1.807) is 30.5 Å². The lowest BCUT2D eigenvalue weighted by Crippen LogP contribution is -2.19. The number of nitriles is 1. The summed E-state index contributed by atoms with van der Waals surface area (Å²) in [6, 6.07) is 19.3. The van der Waals surface area contributed by atoms with E-state index >= 15 is 0 Å². The molecule has 0 saturated carbocycles. The van der Waals surface area contributed by atoms with E-state index in [0.717, 1.165) is 11.3 Å². The fourth-order valence-corrected chi connectivity index (χ4v) is 2.68. The molecule has 1 heterocycles. The summed E-state index contributed by atoms with van der Waals surface area (Å²) in [7, 11) is 0. The van der Waals surface area contributed by atoms with Crippen LogP contribution in [0.15, 0.2) is 66.9 Å². The van der Waals surface area contributed by atoms with E-state index in [0.29, 0.717) is 11.3 Å². The number of aliphatic carboxylic acids is 1. The molecular formula is C22H18N2O4. The van der Waals surface area contributed by atoms with Gasteiger partial charge in [0.1, 0.15) is 24.2 Å². The molecule has 1 aromatic heterocycles. The van der Waals surface area contributed by atoms with Gasteiger partial charge < -0.3 is 14.6 Å². The SMILES string of the molecule is Cc1ccccc1[C@H](Oc1cc(OCc2ccccn2)ccc1C#N)C(=O)O. The Morgan fingerprint density at radius 2 is 1.96 bits per heavy atom. The molecule has 3 aromatic rings. The van der Waals surface area contributed by atoms with Crippen molar-refractivity contribution < 1.29 is 19.4 Å². The normalized spacial score (nSPS) is 11.3. The molecule has 0 unspecified atom stereocenters. The minimum Gasteiger partial charge on any atom is -0.487 e. The lowest BCUT2D eigenvalue weighted by Gasteiger charge is -2.18. The molecule has 0 bridgehead atoms. The number of pyridine rings is 1. The highest BCUT2D eigenvalue weighted by Gasteiger charge is 2.25. The second kappa shape index (κ2) is 8.69. The highest BCUT2D eigenvalue weighted by Crippen LogP contribution is 2.30. The Balaban J connectivity index is 1.86. The van der Waals surface area contributed by atoms with Crippen LogP contribution in [0.1, 0.15) is 28.5 Å². The molecule has 0 aliphatic heterocycles. The van der Waals surface area contributed by atoms with Gasteiger partial charge in [-0.3, -0.25) is 4.98 Å². The van der Waals surface area contributed by atoms with Gasteiger partial charge in [-0.1, -0.05) is 30.3 Å². The third-order valence-corrected chi connectivity index (χ3v) is 4.13. The first kappa shape index (κ1) is 18.9.